The van der Waals surface area contributed by atoms with Crippen LogP contribution >= 0.6 is 0 Å². The van der Waals surface area contributed by atoms with Crippen molar-refractivity contribution in [1.82, 2.24) is 24.6 Å². The molecule has 11 nitrogen and oxygen atoms in total. The fraction of sp³-hybridized carbons (Fsp3) is 0.348. The number of hydrogen-bond donors (Lipinski definition) is 2. The van der Waals surface area contributed by atoms with Gasteiger partial charge in [0, 0.05) is 18.4 Å². The van der Waals surface area contributed by atoms with Gasteiger partial charge in [0.2, 0.25) is 0 Å². The number of likely N-dealkylation sites (tertiary alicyclic amines) is 1. The highest BCUT2D eigenvalue weighted by molar-refractivity contribution is 5.98. The second-order valence-electron chi connectivity index (χ2n) is 8.19. The number of carbonyl (C=O) groups is 2. The SMILES string of the molecule is CCCC1C(C#N)C(n2cc(C(N)=O)c(Nc3ccc(F)cc3)n2)CCN1C(=O)On1cccn1. The molecule has 0 radical (unpaired) electrons. The van der Waals surface area contributed by atoms with Crippen LogP contribution in [0.4, 0.5) is 20.7 Å². The zero-order chi connectivity index (χ0) is 24.9. The van der Waals surface area contributed by atoms with E-state index in [2.05, 4.69) is 21.6 Å². The van der Waals surface area contributed by atoms with Crippen LogP contribution in [0.5, 0.6) is 0 Å². The van der Waals surface area contributed by atoms with Gasteiger partial charge in [-0.25, -0.2) is 9.18 Å². The van der Waals surface area contributed by atoms with Crippen LogP contribution in [0.2, 0.25) is 0 Å². The third-order valence-corrected chi connectivity index (χ3v) is 5.96. The van der Waals surface area contributed by atoms with E-state index in [0.717, 1.165) is 11.3 Å². The van der Waals surface area contributed by atoms with Gasteiger partial charge in [-0.05, 0) is 43.2 Å². The normalized spacial score (nSPS) is 19.7. The molecule has 1 saturated heterocycles. The third-order valence-electron chi connectivity index (χ3n) is 5.96. The average Bonchev–Trinajstić information content (AvgIpc) is 3.50. The molecule has 1 aliphatic heterocycles. The number of primary amides is 1. The Labute approximate surface area is 200 Å². The maximum absolute atomic E-state index is 13.3. The summed E-state index contributed by atoms with van der Waals surface area (Å²) in [5.74, 6) is -1.51. The Morgan fingerprint density at radius 3 is 2.74 bits per heavy atom. The molecule has 0 aliphatic carbocycles. The molecule has 4 rings (SSSR count). The molecule has 1 fully saturated rings. The summed E-state index contributed by atoms with van der Waals surface area (Å²) in [4.78, 5) is 32.9. The van der Waals surface area contributed by atoms with Crippen LogP contribution in [-0.2, 0) is 0 Å². The number of nitriles is 1. The Kier molecular flexibility index (Phi) is 6.96. The molecule has 0 bridgehead atoms. The summed E-state index contributed by atoms with van der Waals surface area (Å²) in [5.41, 5.74) is 6.23. The molecular formula is C23H25FN8O3. The van der Waals surface area contributed by atoms with E-state index in [-0.39, 0.29) is 11.4 Å². The summed E-state index contributed by atoms with van der Waals surface area (Å²) < 4.78 is 14.8. The van der Waals surface area contributed by atoms with Crippen LogP contribution < -0.4 is 15.9 Å². The van der Waals surface area contributed by atoms with Crippen LogP contribution in [0.15, 0.2) is 48.9 Å². The number of nitrogens with one attached hydrogen (secondary N) is 1. The van der Waals surface area contributed by atoms with Gasteiger partial charge in [0.05, 0.1) is 36.5 Å². The number of hydrogen-bond acceptors (Lipinski definition) is 7. The van der Waals surface area contributed by atoms with Crippen molar-refractivity contribution in [3.63, 3.8) is 0 Å². The van der Waals surface area contributed by atoms with Crippen molar-refractivity contribution in [2.75, 3.05) is 11.9 Å². The van der Waals surface area contributed by atoms with Crippen molar-refractivity contribution in [1.29, 1.82) is 5.26 Å². The smallest absolute Gasteiger partial charge is 0.365 e. The van der Waals surface area contributed by atoms with Crippen LogP contribution in [0.25, 0.3) is 0 Å². The quantitative estimate of drug-likeness (QED) is 0.529. The Bertz CT molecular complexity index is 1220. The lowest BCUT2D eigenvalue weighted by molar-refractivity contribution is 0.0299. The van der Waals surface area contributed by atoms with E-state index in [1.54, 1.807) is 15.6 Å². The van der Waals surface area contributed by atoms with Gasteiger partial charge in [-0.2, -0.15) is 10.4 Å². The Morgan fingerprint density at radius 1 is 1.34 bits per heavy atom. The predicted octanol–water partition coefficient (Wildman–Crippen LogP) is 2.87. The fourth-order valence-corrected chi connectivity index (χ4v) is 4.34. The second kappa shape index (κ2) is 10.3. The number of amides is 2. The summed E-state index contributed by atoms with van der Waals surface area (Å²) in [7, 11) is 0. The van der Waals surface area contributed by atoms with E-state index in [9.17, 15) is 19.2 Å². The van der Waals surface area contributed by atoms with Crippen LogP contribution in [0.1, 0.15) is 42.6 Å². The lowest BCUT2D eigenvalue weighted by Gasteiger charge is -2.41. The monoisotopic (exact) mass is 480 g/mol. The zero-order valence-electron chi connectivity index (χ0n) is 19.0. The van der Waals surface area contributed by atoms with Gasteiger partial charge in [-0.3, -0.25) is 14.3 Å². The van der Waals surface area contributed by atoms with Gasteiger partial charge in [-0.15, -0.1) is 5.10 Å². The van der Waals surface area contributed by atoms with E-state index < -0.39 is 35.8 Å². The van der Waals surface area contributed by atoms with Gasteiger partial charge in [0.1, 0.15) is 11.4 Å². The minimum absolute atomic E-state index is 0.138. The summed E-state index contributed by atoms with van der Waals surface area (Å²) in [6, 6.07) is 8.71. The van der Waals surface area contributed by atoms with Crippen molar-refractivity contribution < 1.29 is 18.8 Å². The molecule has 3 atom stereocenters. The van der Waals surface area contributed by atoms with E-state index >= 15 is 0 Å². The van der Waals surface area contributed by atoms with Gasteiger partial charge in [0.15, 0.2) is 5.82 Å². The molecule has 0 saturated carbocycles. The van der Waals surface area contributed by atoms with E-state index in [1.165, 1.54) is 42.9 Å². The first kappa shape index (κ1) is 23.7. The zero-order valence-corrected chi connectivity index (χ0v) is 19.0. The van der Waals surface area contributed by atoms with E-state index in [1.807, 2.05) is 6.92 Å². The number of benzene rings is 1. The largest absolute Gasteiger partial charge is 0.436 e. The molecule has 3 aromatic rings. The maximum atomic E-state index is 13.3. The third kappa shape index (κ3) is 5.08. The maximum Gasteiger partial charge on any atom is 0.436 e. The molecular weight excluding hydrogens is 455 g/mol. The van der Waals surface area contributed by atoms with Gasteiger partial charge >= 0.3 is 6.09 Å². The number of carbonyl (C=O) groups excluding carboxylic acids is 2. The first-order valence-electron chi connectivity index (χ1n) is 11.2. The second-order valence-corrected chi connectivity index (χ2v) is 8.19. The summed E-state index contributed by atoms with van der Waals surface area (Å²) in [6.45, 7) is 2.29. The predicted molar refractivity (Wildman–Crippen MR) is 123 cm³/mol. The highest BCUT2D eigenvalue weighted by Gasteiger charge is 2.42. The minimum atomic E-state index is -0.695. The Morgan fingerprint density at radius 2 is 2.11 bits per heavy atom. The summed E-state index contributed by atoms with van der Waals surface area (Å²) >= 11 is 0. The van der Waals surface area contributed by atoms with Crippen molar-refractivity contribution in [3.05, 3.63) is 60.3 Å². The van der Waals surface area contributed by atoms with Crippen molar-refractivity contribution in [3.8, 4) is 6.07 Å². The number of anilines is 2. The Hall–Kier alpha value is -4.40. The lowest BCUT2D eigenvalue weighted by atomic mass is 9.83. The molecule has 2 aromatic heterocycles. The highest BCUT2D eigenvalue weighted by atomic mass is 19.1. The summed E-state index contributed by atoms with van der Waals surface area (Å²) in [6.07, 6.45) is 5.63. The van der Waals surface area contributed by atoms with Crippen LogP contribution in [0, 0.1) is 23.1 Å². The topological polar surface area (TPSA) is 144 Å². The first-order valence-corrected chi connectivity index (χ1v) is 11.2. The number of aromatic nitrogens is 4. The molecule has 182 valence electrons. The van der Waals surface area contributed by atoms with Crippen molar-refractivity contribution in [2.45, 2.75) is 38.3 Å². The van der Waals surface area contributed by atoms with Crippen molar-refractivity contribution >= 4 is 23.5 Å². The van der Waals surface area contributed by atoms with Crippen molar-refractivity contribution in [2.24, 2.45) is 11.7 Å². The molecule has 0 spiro atoms. The van der Waals surface area contributed by atoms with Gasteiger partial charge in [0.25, 0.3) is 5.91 Å². The number of nitrogens with zero attached hydrogens (tertiary/aromatic N) is 6. The fourth-order valence-electron chi connectivity index (χ4n) is 4.34. The molecule has 12 heteroatoms. The van der Waals surface area contributed by atoms with Crippen LogP contribution in [0.3, 0.4) is 0 Å². The average molecular weight is 481 g/mol. The van der Waals surface area contributed by atoms with Gasteiger partial charge in [-0.1, -0.05) is 18.2 Å². The molecule has 1 aliphatic rings. The number of halogens is 1. The molecule has 3 heterocycles. The molecule has 2 amide bonds. The number of rotatable bonds is 7. The van der Waals surface area contributed by atoms with E-state index in [4.69, 9.17) is 10.6 Å². The lowest BCUT2D eigenvalue weighted by Crippen LogP contribution is -2.53. The minimum Gasteiger partial charge on any atom is -0.365 e. The number of piperidine rings is 1. The van der Waals surface area contributed by atoms with Gasteiger partial charge < -0.3 is 16.0 Å². The molecule has 35 heavy (non-hydrogen) atoms. The molecule has 1 aromatic carbocycles. The van der Waals surface area contributed by atoms with Crippen LogP contribution in [-0.4, -0.2) is 49.2 Å². The molecule has 3 N–H and O–H groups in total. The molecule has 3 unspecified atom stereocenters. The summed E-state index contributed by atoms with van der Waals surface area (Å²) in [5, 5.41) is 21.5. The first-order chi connectivity index (χ1) is 16.9. The van der Waals surface area contributed by atoms with E-state index in [0.29, 0.717) is 25.1 Å². The Balaban J connectivity index is 1.60. The highest BCUT2D eigenvalue weighted by Crippen LogP contribution is 2.36. The number of nitrogens with two attached hydrogens (primary N) is 1. The standard InChI is InChI=1S/C23H25FN8O3/c1-2-4-19-17(13-25)20(9-12-30(19)23(34)35-32-11-3-10-27-32)31-14-18(21(26)33)22(29-31)28-16-7-5-15(24)6-8-16/h3,5-8,10-11,14,17,19-20H,2,4,9,12H2,1H3,(H2,26,33)(H,28,29).